The molecule has 0 N–H and O–H groups in total. The molecule has 0 aliphatic rings. The third-order valence-corrected chi connectivity index (χ3v) is 3.39. The van der Waals surface area contributed by atoms with E-state index in [4.69, 9.17) is 0 Å². The Bertz CT molecular complexity index is 665. The molecule has 5 nitrogen and oxygen atoms in total. The van der Waals surface area contributed by atoms with Gasteiger partial charge in [0.25, 0.3) is 0 Å². The van der Waals surface area contributed by atoms with Gasteiger partial charge < -0.3 is 0 Å². The van der Waals surface area contributed by atoms with Crippen molar-refractivity contribution in [2.75, 3.05) is 0 Å². The van der Waals surface area contributed by atoms with E-state index in [2.05, 4.69) is 60.9 Å². The van der Waals surface area contributed by atoms with Gasteiger partial charge in [0.2, 0.25) is 12.4 Å². The van der Waals surface area contributed by atoms with Gasteiger partial charge in [0.05, 0.1) is 38.6 Å². The molecular weight excluding hydrogens is 238 g/mol. The minimum absolute atomic E-state index is 1.11. The number of hydrogen-bond acceptors (Lipinski definition) is 0. The Kier molecular flexibility index (Phi) is 2.67. The lowest BCUT2D eigenvalue weighted by atomic mass is 10.4. The fourth-order valence-electron chi connectivity index (χ4n) is 2.34. The molecule has 3 heterocycles. The highest BCUT2D eigenvalue weighted by Gasteiger charge is 2.29. The van der Waals surface area contributed by atoms with Gasteiger partial charge in [-0.2, -0.15) is 9.36 Å². The number of pyridine rings is 1. The third-order valence-electron chi connectivity index (χ3n) is 3.39. The Morgan fingerprint density at radius 1 is 0.789 bits per heavy atom. The molecule has 3 aromatic rings. The van der Waals surface area contributed by atoms with E-state index in [-0.39, 0.29) is 0 Å². The maximum Gasteiger partial charge on any atom is 0.477 e. The third kappa shape index (κ3) is 1.83. The number of aromatic nitrogens is 5. The molecule has 5 heteroatoms. The van der Waals surface area contributed by atoms with E-state index in [1.807, 2.05) is 38.6 Å². The van der Waals surface area contributed by atoms with Gasteiger partial charge in [0.15, 0.2) is 7.05 Å². The molecular formula is C14H18N5+3. The fourth-order valence-corrected chi connectivity index (χ4v) is 2.34. The molecule has 96 valence electrons. The number of rotatable bonds is 2. The van der Waals surface area contributed by atoms with E-state index < -0.39 is 0 Å². The van der Waals surface area contributed by atoms with Gasteiger partial charge in [-0.15, -0.1) is 0 Å². The summed E-state index contributed by atoms with van der Waals surface area (Å²) in [5.74, 6) is 2.22. The van der Waals surface area contributed by atoms with Crippen LogP contribution in [0.25, 0.3) is 11.6 Å². The molecule has 0 aliphatic heterocycles. The maximum atomic E-state index is 2.17. The van der Waals surface area contributed by atoms with E-state index in [0.717, 1.165) is 11.6 Å². The number of hydrogen-bond donors (Lipinski definition) is 0. The molecule has 3 rings (SSSR count). The molecule has 0 fully saturated rings. The monoisotopic (exact) mass is 256 g/mol. The summed E-state index contributed by atoms with van der Waals surface area (Å²) in [6.07, 6.45) is 8.16. The fraction of sp³-hybridized carbons (Fsp3) is 0.214. The first-order valence-corrected chi connectivity index (χ1v) is 6.25. The van der Waals surface area contributed by atoms with Crippen LogP contribution >= 0.6 is 0 Å². The highest BCUT2D eigenvalue weighted by Crippen LogP contribution is 1.96. The highest BCUT2D eigenvalue weighted by molar-refractivity contribution is 5.11. The molecule has 0 saturated heterocycles. The van der Waals surface area contributed by atoms with Gasteiger partial charge in [-0.05, 0) is 15.4 Å². The quantitative estimate of drug-likeness (QED) is 0.564. The van der Waals surface area contributed by atoms with Crippen LogP contribution in [0, 0.1) is 0 Å². The van der Waals surface area contributed by atoms with Gasteiger partial charge in [-0.25, -0.2) is 0 Å². The summed E-state index contributed by atoms with van der Waals surface area (Å²) in [6, 6.07) is 10.3. The van der Waals surface area contributed by atoms with Crippen molar-refractivity contribution in [1.29, 1.82) is 0 Å². The molecule has 0 spiro atoms. The summed E-state index contributed by atoms with van der Waals surface area (Å²) in [4.78, 5) is 0. The summed E-state index contributed by atoms with van der Waals surface area (Å²) in [5.41, 5.74) is 0. The van der Waals surface area contributed by atoms with Crippen LogP contribution in [0.2, 0.25) is 0 Å². The van der Waals surface area contributed by atoms with Crippen LogP contribution < -0.4 is 13.9 Å². The second-order valence-electron chi connectivity index (χ2n) is 4.62. The van der Waals surface area contributed by atoms with Crippen molar-refractivity contribution in [3.05, 3.63) is 55.1 Å². The molecule has 0 amide bonds. The Morgan fingerprint density at radius 3 is 1.63 bits per heavy atom. The summed E-state index contributed by atoms with van der Waals surface area (Å²) in [5, 5.41) is 0. The normalized spacial score (nSPS) is 10.9. The SMILES string of the molecule is Cn1ccc[n+]1-c1cccc(-[n+]2cccn2C)[n+]1C. The molecule has 0 bridgehead atoms. The van der Waals surface area contributed by atoms with Crippen LogP contribution in [0.15, 0.2) is 55.1 Å². The van der Waals surface area contributed by atoms with E-state index >= 15 is 0 Å². The van der Waals surface area contributed by atoms with Crippen molar-refractivity contribution in [2.45, 2.75) is 0 Å². The summed E-state index contributed by atoms with van der Waals surface area (Å²) < 4.78 is 10.5. The Hall–Kier alpha value is -2.43. The van der Waals surface area contributed by atoms with Gasteiger partial charge in [-0.3, -0.25) is 0 Å². The van der Waals surface area contributed by atoms with E-state index in [1.165, 1.54) is 0 Å². The predicted octanol–water partition coefficient (Wildman–Crippen LogP) is -0.258. The van der Waals surface area contributed by atoms with Crippen LogP contribution in [-0.4, -0.2) is 9.36 Å². The van der Waals surface area contributed by atoms with Gasteiger partial charge in [0, 0.05) is 12.1 Å². The summed E-state index contributed by atoms with van der Waals surface area (Å²) >= 11 is 0. The smallest absolute Gasteiger partial charge is 0.153 e. The molecule has 0 atom stereocenters. The molecule has 0 aliphatic carbocycles. The van der Waals surface area contributed by atoms with Crippen LogP contribution in [0.1, 0.15) is 0 Å². The zero-order valence-electron chi connectivity index (χ0n) is 11.4. The zero-order valence-corrected chi connectivity index (χ0v) is 11.4. The molecule has 0 saturated carbocycles. The number of nitrogens with zero attached hydrogens (tertiary/aromatic N) is 5. The van der Waals surface area contributed by atoms with E-state index in [9.17, 15) is 0 Å². The van der Waals surface area contributed by atoms with E-state index in [0.29, 0.717) is 0 Å². The molecule has 3 aromatic heterocycles. The minimum atomic E-state index is 1.11. The highest BCUT2D eigenvalue weighted by atomic mass is 15.4. The topological polar surface area (TPSA) is 21.5 Å². The molecule has 0 unspecified atom stereocenters. The molecule has 19 heavy (non-hydrogen) atoms. The van der Waals surface area contributed by atoms with Crippen LogP contribution in [0.5, 0.6) is 0 Å². The predicted molar refractivity (Wildman–Crippen MR) is 68.6 cm³/mol. The Morgan fingerprint density at radius 2 is 1.26 bits per heavy atom. The lowest BCUT2D eigenvalue weighted by Crippen LogP contribution is -2.57. The minimum Gasteiger partial charge on any atom is -0.153 e. The average Bonchev–Trinajstić information content (AvgIpc) is 2.99. The number of aryl methyl sites for hydroxylation is 2. The first-order valence-electron chi connectivity index (χ1n) is 6.25. The summed E-state index contributed by atoms with van der Waals surface area (Å²) in [6.45, 7) is 0. The zero-order chi connectivity index (χ0) is 13.4. The second kappa shape index (κ2) is 4.35. The first-order chi connectivity index (χ1) is 9.18. The second-order valence-corrected chi connectivity index (χ2v) is 4.62. The van der Waals surface area contributed by atoms with Gasteiger partial charge in [0.1, 0.15) is 0 Å². The largest absolute Gasteiger partial charge is 0.477 e. The van der Waals surface area contributed by atoms with Crippen LogP contribution in [-0.2, 0) is 21.1 Å². The van der Waals surface area contributed by atoms with Crippen molar-refractivity contribution >= 4 is 0 Å². The van der Waals surface area contributed by atoms with Gasteiger partial charge in [-0.1, -0.05) is 4.57 Å². The first kappa shape index (κ1) is 11.6. The lowest BCUT2D eigenvalue weighted by Gasteiger charge is -1.97. The molecule has 0 radical (unpaired) electrons. The lowest BCUT2D eigenvalue weighted by molar-refractivity contribution is -0.865. The van der Waals surface area contributed by atoms with Crippen LogP contribution in [0.4, 0.5) is 0 Å². The summed E-state index contributed by atoms with van der Waals surface area (Å²) in [7, 11) is 6.13. The van der Waals surface area contributed by atoms with Crippen molar-refractivity contribution in [3.63, 3.8) is 0 Å². The average molecular weight is 256 g/mol. The van der Waals surface area contributed by atoms with Crippen molar-refractivity contribution < 1.29 is 13.9 Å². The Balaban J connectivity index is 2.21. The molecule has 0 aromatic carbocycles. The Labute approximate surface area is 112 Å². The van der Waals surface area contributed by atoms with Crippen molar-refractivity contribution in [1.82, 2.24) is 9.36 Å². The maximum absolute atomic E-state index is 2.17. The van der Waals surface area contributed by atoms with E-state index in [1.54, 1.807) is 0 Å². The van der Waals surface area contributed by atoms with Crippen molar-refractivity contribution in [2.24, 2.45) is 21.1 Å². The van der Waals surface area contributed by atoms with Crippen molar-refractivity contribution in [3.8, 4) is 11.6 Å². The van der Waals surface area contributed by atoms with Crippen LogP contribution in [0.3, 0.4) is 0 Å². The van der Waals surface area contributed by atoms with Gasteiger partial charge >= 0.3 is 11.6 Å². The standard InChI is InChI=1S/C14H18N5/c1-15-9-5-11-18(15)13-7-4-8-14(17(13)3)19-12-6-10-16(19)2/h4-12H,1-3H3/q+3.